The number of hydrogen-bond donors (Lipinski definition) is 0. The smallest absolute Gasteiger partial charge is 0.199 e. The fourth-order valence-electron chi connectivity index (χ4n) is 2.63. The highest BCUT2D eigenvalue weighted by molar-refractivity contribution is 6.08. The quantitative estimate of drug-likeness (QED) is 0.377. The second-order valence-corrected chi connectivity index (χ2v) is 5.79. The first-order valence-corrected chi connectivity index (χ1v) is 8.40. The van der Waals surface area contributed by atoms with E-state index >= 15 is 0 Å². The van der Waals surface area contributed by atoms with Crippen molar-refractivity contribution in [3.8, 4) is 0 Å². The lowest BCUT2D eigenvalue weighted by Crippen LogP contribution is -2.33. The van der Waals surface area contributed by atoms with Crippen LogP contribution in [-0.4, -0.2) is 5.78 Å². The maximum atomic E-state index is 12.4. The third kappa shape index (κ3) is 5.10. The first-order chi connectivity index (χ1) is 10.8. The molecule has 22 heavy (non-hydrogen) atoms. The van der Waals surface area contributed by atoms with Gasteiger partial charge < -0.3 is 0 Å². The molecule has 2 rings (SSSR count). The molecule has 0 aliphatic rings. The molecule has 0 bridgehead atoms. The fraction of sp³-hybridized carbons (Fsp3) is 0.400. The van der Waals surface area contributed by atoms with Crippen LogP contribution in [0.3, 0.4) is 0 Å². The second kappa shape index (κ2) is 9.14. The molecule has 1 aromatic carbocycles. The van der Waals surface area contributed by atoms with Gasteiger partial charge in [-0.3, -0.25) is 4.79 Å². The van der Waals surface area contributed by atoms with Gasteiger partial charge >= 0.3 is 0 Å². The van der Waals surface area contributed by atoms with Crippen LogP contribution in [-0.2, 0) is 6.54 Å². The molecular formula is C20H26NO+. The molecule has 0 aliphatic heterocycles. The molecule has 0 N–H and O–H groups in total. The summed E-state index contributed by atoms with van der Waals surface area (Å²) in [7, 11) is 0. The van der Waals surface area contributed by atoms with Gasteiger partial charge in [-0.1, -0.05) is 62.9 Å². The molecule has 0 spiro atoms. The Morgan fingerprint density at radius 3 is 2.32 bits per heavy atom. The molecule has 2 heteroatoms. The highest BCUT2D eigenvalue weighted by Crippen LogP contribution is 2.08. The van der Waals surface area contributed by atoms with Gasteiger partial charge in [0.05, 0.1) is 5.56 Å². The molecule has 0 saturated carbocycles. The highest BCUT2D eigenvalue weighted by atomic mass is 16.1. The van der Waals surface area contributed by atoms with Crippen molar-refractivity contribution in [1.82, 2.24) is 0 Å². The van der Waals surface area contributed by atoms with E-state index in [-0.39, 0.29) is 5.78 Å². The summed E-state index contributed by atoms with van der Waals surface area (Å²) in [6.45, 7) is 3.23. The topological polar surface area (TPSA) is 20.9 Å². The predicted octanol–water partition coefficient (Wildman–Crippen LogP) is 4.57. The molecule has 0 fully saturated rings. The number of carbonyl (C=O) groups is 1. The van der Waals surface area contributed by atoms with Gasteiger partial charge in [0.25, 0.3) is 0 Å². The zero-order valence-corrected chi connectivity index (χ0v) is 13.5. The lowest BCUT2D eigenvalue weighted by atomic mass is 10.1. The Kier molecular flexibility index (Phi) is 6.82. The van der Waals surface area contributed by atoms with Crippen LogP contribution >= 0.6 is 0 Å². The Morgan fingerprint density at radius 2 is 1.55 bits per heavy atom. The van der Waals surface area contributed by atoms with Gasteiger partial charge in [0.15, 0.2) is 18.2 Å². The number of carbonyl (C=O) groups excluding carboxylic acids is 1. The van der Waals surface area contributed by atoms with Crippen molar-refractivity contribution in [2.45, 2.75) is 52.0 Å². The number of benzene rings is 1. The minimum atomic E-state index is 0.0953. The molecule has 0 atom stereocenters. The Hall–Kier alpha value is -1.96. The number of rotatable bonds is 9. The largest absolute Gasteiger partial charge is 0.288 e. The average molecular weight is 296 g/mol. The van der Waals surface area contributed by atoms with Crippen molar-refractivity contribution in [3.63, 3.8) is 0 Å². The Morgan fingerprint density at radius 1 is 0.864 bits per heavy atom. The maximum Gasteiger partial charge on any atom is 0.199 e. The summed E-state index contributed by atoms with van der Waals surface area (Å²) in [5.74, 6) is 0.0953. The number of ketones is 1. The Bertz CT molecular complexity index is 577. The minimum absolute atomic E-state index is 0.0953. The van der Waals surface area contributed by atoms with E-state index in [2.05, 4.69) is 11.5 Å². The van der Waals surface area contributed by atoms with Crippen molar-refractivity contribution in [3.05, 3.63) is 66.0 Å². The minimum Gasteiger partial charge on any atom is -0.288 e. The van der Waals surface area contributed by atoms with E-state index in [1.54, 1.807) is 0 Å². The fourth-order valence-corrected chi connectivity index (χ4v) is 2.63. The number of unbranched alkanes of at least 4 members (excludes halogenated alkanes) is 5. The van der Waals surface area contributed by atoms with Crippen LogP contribution in [0.4, 0.5) is 0 Å². The van der Waals surface area contributed by atoms with E-state index in [1.165, 1.54) is 38.5 Å². The van der Waals surface area contributed by atoms with Gasteiger partial charge in [-0.05, 0) is 12.5 Å². The summed E-state index contributed by atoms with van der Waals surface area (Å²) < 4.78 is 2.13. The third-order valence-electron chi connectivity index (χ3n) is 3.93. The van der Waals surface area contributed by atoms with Crippen LogP contribution < -0.4 is 4.57 Å². The monoisotopic (exact) mass is 296 g/mol. The van der Waals surface area contributed by atoms with Crippen LogP contribution in [0.25, 0.3) is 0 Å². The summed E-state index contributed by atoms with van der Waals surface area (Å²) in [4.78, 5) is 12.4. The molecule has 0 radical (unpaired) electrons. The standard InChI is InChI=1S/C20H26NO/c1-2-3-4-5-6-10-15-21-16-11-14-19(17-21)20(22)18-12-8-7-9-13-18/h7-9,11-14,16-17H,2-6,10,15H2,1H3/q+1. The summed E-state index contributed by atoms with van der Waals surface area (Å²) in [5.41, 5.74) is 1.51. The molecule has 116 valence electrons. The molecule has 2 aromatic rings. The van der Waals surface area contributed by atoms with E-state index in [0.29, 0.717) is 0 Å². The summed E-state index contributed by atoms with van der Waals surface area (Å²) in [6.07, 6.45) is 11.8. The highest BCUT2D eigenvalue weighted by Gasteiger charge is 2.12. The van der Waals surface area contributed by atoms with Crippen molar-refractivity contribution in [1.29, 1.82) is 0 Å². The van der Waals surface area contributed by atoms with Crippen molar-refractivity contribution in [2.75, 3.05) is 0 Å². The van der Waals surface area contributed by atoms with Gasteiger partial charge in [-0.15, -0.1) is 0 Å². The Labute approximate surface area is 133 Å². The molecule has 0 amide bonds. The lowest BCUT2D eigenvalue weighted by molar-refractivity contribution is -0.697. The van der Waals surface area contributed by atoms with Crippen molar-refractivity contribution < 1.29 is 9.36 Å². The predicted molar refractivity (Wildman–Crippen MR) is 89.9 cm³/mol. The third-order valence-corrected chi connectivity index (χ3v) is 3.93. The van der Waals surface area contributed by atoms with Crippen LogP contribution in [0, 0.1) is 0 Å². The van der Waals surface area contributed by atoms with Gasteiger partial charge in [0.2, 0.25) is 0 Å². The van der Waals surface area contributed by atoms with E-state index in [4.69, 9.17) is 0 Å². The van der Waals surface area contributed by atoms with Crippen LogP contribution in [0.1, 0.15) is 61.4 Å². The van der Waals surface area contributed by atoms with Gasteiger partial charge in [-0.2, -0.15) is 0 Å². The molecule has 1 heterocycles. The number of nitrogens with zero attached hydrogens (tertiary/aromatic N) is 1. The number of hydrogen-bond acceptors (Lipinski definition) is 1. The first kappa shape index (κ1) is 16.4. The summed E-state index contributed by atoms with van der Waals surface area (Å²) >= 11 is 0. The molecule has 0 saturated heterocycles. The molecule has 0 unspecified atom stereocenters. The number of aromatic nitrogens is 1. The molecule has 0 aliphatic carbocycles. The van der Waals surface area contributed by atoms with Crippen molar-refractivity contribution in [2.24, 2.45) is 0 Å². The van der Waals surface area contributed by atoms with Crippen LogP contribution in [0.15, 0.2) is 54.9 Å². The van der Waals surface area contributed by atoms with Gasteiger partial charge in [0, 0.05) is 18.1 Å². The van der Waals surface area contributed by atoms with Gasteiger partial charge in [0.1, 0.15) is 6.54 Å². The Balaban J connectivity index is 1.89. The molecule has 1 aromatic heterocycles. The SMILES string of the molecule is CCCCCCCC[n+]1cccc(C(=O)c2ccccc2)c1. The number of pyridine rings is 1. The van der Waals surface area contributed by atoms with E-state index < -0.39 is 0 Å². The van der Waals surface area contributed by atoms with Gasteiger partial charge in [-0.25, -0.2) is 4.57 Å². The summed E-state index contributed by atoms with van der Waals surface area (Å²) in [5, 5.41) is 0. The molecular weight excluding hydrogens is 270 g/mol. The maximum absolute atomic E-state index is 12.4. The normalized spacial score (nSPS) is 10.6. The van der Waals surface area contributed by atoms with Crippen molar-refractivity contribution >= 4 is 5.78 Å². The summed E-state index contributed by atoms with van der Waals surface area (Å²) in [6, 6.07) is 13.3. The van der Waals surface area contributed by atoms with E-state index in [9.17, 15) is 4.79 Å². The lowest BCUT2D eigenvalue weighted by Gasteiger charge is -2.02. The first-order valence-electron chi connectivity index (χ1n) is 8.40. The molecule has 2 nitrogen and oxygen atoms in total. The number of aryl methyl sites for hydroxylation is 1. The second-order valence-electron chi connectivity index (χ2n) is 5.79. The van der Waals surface area contributed by atoms with E-state index in [0.717, 1.165) is 17.7 Å². The van der Waals surface area contributed by atoms with Crippen LogP contribution in [0.5, 0.6) is 0 Å². The van der Waals surface area contributed by atoms with E-state index in [1.807, 2.05) is 54.9 Å². The zero-order valence-electron chi connectivity index (χ0n) is 13.5. The zero-order chi connectivity index (χ0) is 15.6. The average Bonchev–Trinajstić information content (AvgIpc) is 2.58. The van der Waals surface area contributed by atoms with Crippen LogP contribution in [0.2, 0.25) is 0 Å².